The van der Waals surface area contributed by atoms with Crippen molar-refractivity contribution in [3.63, 3.8) is 0 Å². The summed E-state index contributed by atoms with van der Waals surface area (Å²) in [4.78, 5) is 19.2. The summed E-state index contributed by atoms with van der Waals surface area (Å²) in [5.74, 6) is -0.689. The number of carbonyl (C=O) groups is 1. The molecule has 0 aliphatic carbocycles. The Kier molecular flexibility index (Phi) is 9.72. The zero-order chi connectivity index (χ0) is 31.0. The number of aliphatic hydroxyl groups is 1. The average molecular weight is 617 g/mol. The zero-order valence-corrected chi connectivity index (χ0v) is 24.8. The van der Waals surface area contributed by atoms with Crippen molar-refractivity contribution in [1.29, 1.82) is 0 Å². The van der Waals surface area contributed by atoms with E-state index in [2.05, 4.69) is 5.32 Å². The molecule has 2 N–H and O–H groups in total. The highest BCUT2D eigenvalue weighted by molar-refractivity contribution is 7.91. The summed E-state index contributed by atoms with van der Waals surface area (Å²) in [6.07, 6.45) is -0.670. The number of carbonyl (C=O) groups excluding carboxylic acids is 1. The molecule has 1 aliphatic heterocycles. The van der Waals surface area contributed by atoms with Gasteiger partial charge in [0.1, 0.15) is 11.6 Å². The molecule has 0 aromatic heterocycles. The molecule has 4 aromatic rings. The Hall–Kier alpha value is -4.54. The largest absolute Gasteiger partial charge is 0.494 e. The highest BCUT2D eigenvalue weighted by Crippen LogP contribution is 2.43. The second kappa shape index (κ2) is 13.8. The van der Waals surface area contributed by atoms with Crippen molar-refractivity contribution in [1.82, 2.24) is 5.32 Å². The number of hydrogen-bond acceptors (Lipinski definition) is 7. The molecule has 2 atom stereocenters. The molecule has 0 bridgehead atoms. The van der Waals surface area contributed by atoms with Gasteiger partial charge in [-0.3, -0.25) is 4.79 Å². The Labute approximate surface area is 256 Å². The van der Waals surface area contributed by atoms with E-state index in [4.69, 9.17) is 19.6 Å². The van der Waals surface area contributed by atoms with Crippen LogP contribution in [0.25, 0.3) is 0 Å². The summed E-state index contributed by atoms with van der Waals surface area (Å²) in [6.45, 7) is 0.250. The summed E-state index contributed by atoms with van der Waals surface area (Å²) >= 11 is 0. The Morgan fingerprint density at radius 1 is 0.932 bits per heavy atom. The number of ether oxygens (including phenoxy) is 2. The van der Waals surface area contributed by atoms with Crippen LogP contribution in [0.3, 0.4) is 0 Å². The van der Waals surface area contributed by atoms with E-state index >= 15 is 0 Å². The second-order valence-electron chi connectivity index (χ2n) is 10.4. The highest BCUT2D eigenvalue weighted by atomic mass is 32.2. The quantitative estimate of drug-likeness (QED) is 0.204. The lowest BCUT2D eigenvalue weighted by Gasteiger charge is -2.30. The molecule has 0 saturated heterocycles. The molecule has 0 saturated carbocycles. The van der Waals surface area contributed by atoms with E-state index in [9.17, 15) is 17.6 Å². The number of nitrogens with one attached hydrogen (secondary N) is 1. The van der Waals surface area contributed by atoms with E-state index in [1.807, 2.05) is 6.07 Å². The molecule has 10 heteroatoms. The fourth-order valence-electron chi connectivity index (χ4n) is 5.00. The summed E-state index contributed by atoms with van der Waals surface area (Å²) < 4.78 is 53.3. The maximum Gasteiger partial charge on any atom is 0.252 e. The summed E-state index contributed by atoms with van der Waals surface area (Å²) in [5.41, 5.74) is -0.215. The van der Waals surface area contributed by atoms with Gasteiger partial charge >= 0.3 is 0 Å². The maximum atomic E-state index is 14.5. The van der Waals surface area contributed by atoms with E-state index in [1.165, 1.54) is 18.2 Å². The molecular formula is C34H33FN2O6S. The van der Waals surface area contributed by atoms with Crippen molar-refractivity contribution in [2.24, 2.45) is 4.99 Å². The fourth-order valence-corrected chi connectivity index (χ4v) is 6.39. The summed E-state index contributed by atoms with van der Waals surface area (Å²) in [5, 5.41) is 11.8. The van der Waals surface area contributed by atoms with Gasteiger partial charge in [0, 0.05) is 37.1 Å². The number of rotatable bonds is 13. The molecule has 0 radical (unpaired) electrons. The Morgan fingerprint density at radius 3 is 2.27 bits per heavy atom. The SMILES string of the molecule is O=C(NCc1ccccc1F)[C@]1(CCS(=O)(=O)c2ccccc2)N=C(c2ccc(OCCCO)cc2)O[C@@H]1c1ccccc1. The molecule has 0 fully saturated rings. The van der Waals surface area contributed by atoms with Gasteiger partial charge in [-0.15, -0.1) is 0 Å². The van der Waals surface area contributed by atoms with Gasteiger partial charge in [0.05, 0.1) is 17.3 Å². The number of hydrogen-bond donors (Lipinski definition) is 2. The van der Waals surface area contributed by atoms with Crippen LogP contribution in [0, 0.1) is 5.82 Å². The summed E-state index contributed by atoms with van der Waals surface area (Å²) in [7, 11) is -3.80. The predicted octanol–water partition coefficient (Wildman–Crippen LogP) is 5.02. The lowest BCUT2D eigenvalue weighted by Crippen LogP contribution is -2.49. The van der Waals surface area contributed by atoms with Crippen LogP contribution >= 0.6 is 0 Å². The maximum absolute atomic E-state index is 14.5. The number of nitrogens with zero attached hydrogens (tertiary/aromatic N) is 1. The van der Waals surface area contributed by atoms with Crippen LogP contribution < -0.4 is 10.1 Å². The average Bonchev–Trinajstić information content (AvgIpc) is 3.46. The second-order valence-corrected chi connectivity index (χ2v) is 12.5. The van der Waals surface area contributed by atoms with Gasteiger partial charge in [0.25, 0.3) is 5.91 Å². The molecule has 228 valence electrons. The van der Waals surface area contributed by atoms with Crippen molar-refractivity contribution in [2.45, 2.75) is 35.9 Å². The number of amides is 1. The molecular weight excluding hydrogens is 583 g/mol. The van der Waals surface area contributed by atoms with Crippen molar-refractivity contribution in [3.05, 3.63) is 132 Å². The van der Waals surface area contributed by atoms with Crippen LogP contribution in [0.5, 0.6) is 5.75 Å². The van der Waals surface area contributed by atoms with Crippen LogP contribution in [-0.2, 0) is 25.9 Å². The van der Waals surface area contributed by atoms with Gasteiger partial charge in [-0.05, 0) is 48.0 Å². The van der Waals surface area contributed by atoms with Crippen molar-refractivity contribution in [3.8, 4) is 5.75 Å². The highest BCUT2D eigenvalue weighted by Gasteiger charge is 2.53. The minimum atomic E-state index is -3.80. The Morgan fingerprint density at radius 2 is 1.59 bits per heavy atom. The molecule has 1 aliphatic rings. The smallest absolute Gasteiger partial charge is 0.252 e. The minimum absolute atomic E-state index is 0.0185. The molecule has 0 unspecified atom stereocenters. The van der Waals surface area contributed by atoms with Gasteiger partial charge in [-0.1, -0.05) is 66.7 Å². The number of aliphatic imine (C=N–C) groups is 1. The van der Waals surface area contributed by atoms with E-state index in [1.54, 1.807) is 84.9 Å². The third-order valence-electron chi connectivity index (χ3n) is 7.38. The molecule has 0 spiro atoms. The van der Waals surface area contributed by atoms with Gasteiger partial charge in [0.2, 0.25) is 5.90 Å². The van der Waals surface area contributed by atoms with E-state index < -0.39 is 33.2 Å². The molecule has 8 nitrogen and oxygen atoms in total. The van der Waals surface area contributed by atoms with Crippen molar-refractivity contribution >= 4 is 21.6 Å². The zero-order valence-electron chi connectivity index (χ0n) is 23.9. The lowest BCUT2D eigenvalue weighted by atomic mass is 9.85. The van der Waals surface area contributed by atoms with Crippen molar-refractivity contribution in [2.75, 3.05) is 19.0 Å². The molecule has 1 heterocycles. The van der Waals surface area contributed by atoms with Crippen LogP contribution in [-0.4, -0.2) is 49.8 Å². The van der Waals surface area contributed by atoms with Crippen LogP contribution in [0.1, 0.15) is 35.6 Å². The molecule has 4 aromatic carbocycles. The number of halogens is 1. The van der Waals surface area contributed by atoms with Crippen LogP contribution in [0.15, 0.2) is 119 Å². The predicted molar refractivity (Wildman–Crippen MR) is 165 cm³/mol. The first-order valence-corrected chi connectivity index (χ1v) is 15.9. The van der Waals surface area contributed by atoms with E-state index in [0.717, 1.165) is 0 Å². The monoisotopic (exact) mass is 616 g/mol. The van der Waals surface area contributed by atoms with Crippen LogP contribution in [0.2, 0.25) is 0 Å². The van der Waals surface area contributed by atoms with Gasteiger partial charge in [0.15, 0.2) is 21.5 Å². The van der Waals surface area contributed by atoms with Crippen molar-refractivity contribution < 1.29 is 32.2 Å². The Balaban J connectivity index is 1.53. The summed E-state index contributed by atoms with van der Waals surface area (Å²) in [6, 6.07) is 30.1. The van der Waals surface area contributed by atoms with Crippen LogP contribution in [0.4, 0.5) is 4.39 Å². The van der Waals surface area contributed by atoms with E-state index in [-0.39, 0.29) is 41.7 Å². The van der Waals surface area contributed by atoms with Gasteiger partial charge in [-0.2, -0.15) is 0 Å². The Bertz CT molecular complexity index is 1700. The normalized spacial score (nSPS) is 17.9. The third kappa shape index (κ3) is 6.98. The van der Waals surface area contributed by atoms with Gasteiger partial charge in [-0.25, -0.2) is 17.8 Å². The molecule has 1 amide bonds. The fraction of sp³-hybridized carbons (Fsp3) is 0.235. The third-order valence-corrected chi connectivity index (χ3v) is 9.12. The number of sulfone groups is 1. The van der Waals surface area contributed by atoms with Gasteiger partial charge < -0.3 is 19.9 Å². The lowest BCUT2D eigenvalue weighted by molar-refractivity contribution is -0.129. The topological polar surface area (TPSA) is 114 Å². The molecule has 44 heavy (non-hydrogen) atoms. The first kappa shape index (κ1) is 30.9. The first-order chi connectivity index (χ1) is 21.3. The molecule has 5 rings (SSSR count). The van der Waals surface area contributed by atoms with E-state index in [0.29, 0.717) is 29.9 Å². The standard InChI is InChI=1S/C34H33FN2O6S/c35-30-15-8-7-12-27(30)24-36-33(39)34(20-23-44(40,41)29-13-5-2-6-14-29)31(25-10-3-1-4-11-25)43-32(37-34)26-16-18-28(19-17-26)42-22-9-21-38/h1-8,10-19,31,38H,9,20-24H2,(H,36,39)/t31-,34-/m1/s1. The first-order valence-electron chi connectivity index (χ1n) is 14.3. The number of aliphatic hydroxyl groups excluding tert-OH is 1. The minimum Gasteiger partial charge on any atom is -0.494 e. The number of benzene rings is 4.